The molecule has 6 aliphatic carbocycles. The molecule has 3 heterocycles. The van der Waals surface area contributed by atoms with Crippen LogP contribution in [-0.4, -0.2) is 93.2 Å². The summed E-state index contributed by atoms with van der Waals surface area (Å²) in [5, 5.41) is 26.5. The van der Waals surface area contributed by atoms with Gasteiger partial charge in [0.2, 0.25) is 0 Å². The first-order valence-electron chi connectivity index (χ1n) is 15.2. The highest BCUT2D eigenvalue weighted by atomic mass is 16.6. The second-order valence-corrected chi connectivity index (χ2v) is 14.5. The van der Waals surface area contributed by atoms with E-state index in [2.05, 4.69) is 11.5 Å². The van der Waals surface area contributed by atoms with E-state index in [9.17, 15) is 29.4 Å². The van der Waals surface area contributed by atoms with Crippen LogP contribution in [0.2, 0.25) is 0 Å². The van der Waals surface area contributed by atoms with Gasteiger partial charge in [-0.1, -0.05) is 32.9 Å². The van der Waals surface area contributed by atoms with Gasteiger partial charge in [0.1, 0.15) is 35.6 Å². The molecule has 3 saturated heterocycles. The normalized spacial score (nSPS) is 54.0. The maximum atomic E-state index is 13.4. The standard InChI is InChI=1S/C31H41NO10/c1-8-13(2)25(36)42-19-11-29-21-18-10-28-9-14(3)20(24(31(28,29)38)41-17(6)35)23(40-16(5)34)30(28,37)26(29)32(18)12-27(21,7)22(19)39-15(4)33/h13,18-24,26,37-38H,3,8-12H2,1-2,4-7H3/t13?,18-,19-,20+,21?,22-,23-,24-,26+,27+,28-,29-,30-,31+/m1/s1. The number of nitrogens with zero attached hydrogens (tertiary/aromatic N) is 1. The predicted octanol–water partition coefficient (Wildman–Crippen LogP) is 1.27. The molecule has 15 atom stereocenters. The summed E-state index contributed by atoms with van der Waals surface area (Å²) in [4.78, 5) is 53.1. The van der Waals surface area contributed by atoms with Gasteiger partial charge in [-0.15, -0.1) is 0 Å². The van der Waals surface area contributed by atoms with Crippen molar-refractivity contribution in [1.29, 1.82) is 0 Å². The number of esters is 4. The van der Waals surface area contributed by atoms with Gasteiger partial charge in [0.05, 0.1) is 17.9 Å². The molecule has 42 heavy (non-hydrogen) atoms. The first-order chi connectivity index (χ1) is 19.6. The molecule has 3 aliphatic heterocycles. The smallest absolute Gasteiger partial charge is 0.309 e. The fraction of sp³-hybridized carbons (Fsp3) is 0.806. The first kappa shape index (κ1) is 28.3. The zero-order chi connectivity index (χ0) is 30.5. The average molecular weight is 588 g/mol. The molecule has 11 nitrogen and oxygen atoms in total. The van der Waals surface area contributed by atoms with E-state index in [0.29, 0.717) is 25.0 Å². The number of rotatable bonds is 6. The Hall–Kier alpha value is -2.50. The molecule has 9 aliphatic rings. The van der Waals surface area contributed by atoms with Crippen LogP contribution in [0.4, 0.5) is 0 Å². The van der Waals surface area contributed by atoms with Crippen LogP contribution in [0.15, 0.2) is 12.2 Å². The minimum absolute atomic E-state index is 0.0803. The molecule has 0 aromatic rings. The van der Waals surface area contributed by atoms with E-state index < -0.39 is 93.6 Å². The summed E-state index contributed by atoms with van der Waals surface area (Å²) >= 11 is 0. The monoisotopic (exact) mass is 587 g/mol. The van der Waals surface area contributed by atoms with E-state index in [0.717, 1.165) is 0 Å². The quantitative estimate of drug-likeness (QED) is 0.263. The zero-order valence-electron chi connectivity index (χ0n) is 25.0. The van der Waals surface area contributed by atoms with E-state index in [1.807, 2.05) is 13.8 Å². The van der Waals surface area contributed by atoms with E-state index in [4.69, 9.17) is 18.9 Å². The van der Waals surface area contributed by atoms with E-state index in [1.54, 1.807) is 6.92 Å². The van der Waals surface area contributed by atoms with Crippen LogP contribution in [0.1, 0.15) is 67.2 Å². The first-order valence-corrected chi connectivity index (χ1v) is 15.2. The largest absolute Gasteiger partial charge is 0.459 e. The van der Waals surface area contributed by atoms with Crippen molar-refractivity contribution < 1.29 is 48.3 Å². The van der Waals surface area contributed by atoms with Crippen molar-refractivity contribution in [3.63, 3.8) is 0 Å². The SMILES string of the molecule is C=C1C[C@@]23C[C@@H]4C5[C@]6(C)CN4[C@@H]4[C@]2(O)[C@H](OC(C)=O)[C@H]1[C@@H](OC(C)=O)[C@@]3(O)[C@]54C[C@@H](OC(=O)C(C)CC)[C@H]6OC(C)=O. The number of hydrogen-bond donors (Lipinski definition) is 2. The minimum Gasteiger partial charge on any atom is -0.459 e. The van der Waals surface area contributed by atoms with Crippen molar-refractivity contribution >= 4 is 23.9 Å². The second-order valence-electron chi connectivity index (χ2n) is 14.5. The van der Waals surface area contributed by atoms with Gasteiger partial charge in [0.15, 0.2) is 0 Å². The Morgan fingerprint density at radius 1 is 0.976 bits per heavy atom. The summed E-state index contributed by atoms with van der Waals surface area (Å²) < 4.78 is 24.1. The van der Waals surface area contributed by atoms with Crippen LogP contribution in [0, 0.1) is 34.0 Å². The summed E-state index contributed by atoms with van der Waals surface area (Å²) in [6, 6.07) is -0.751. The molecule has 2 spiro atoms. The van der Waals surface area contributed by atoms with Crippen LogP contribution < -0.4 is 0 Å². The van der Waals surface area contributed by atoms with Crippen molar-refractivity contribution in [2.75, 3.05) is 6.54 Å². The van der Waals surface area contributed by atoms with Gasteiger partial charge in [-0.05, 0) is 31.6 Å². The van der Waals surface area contributed by atoms with E-state index >= 15 is 0 Å². The van der Waals surface area contributed by atoms with Crippen molar-refractivity contribution in [3.05, 3.63) is 12.2 Å². The molecule has 3 unspecified atom stereocenters. The maximum absolute atomic E-state index is 13.4. The zero-order valence-corrected chi connectivity index (χ0v) is 25.0. The Labute approximate surface area is 244 Å². The molecule has 2 N–H and O–H groups in total. The van der Waals surface area contributed by atoms with Crippen LogP contribution in [0.3, 0.4) is 0 Å². The van der Waals surface area contributed by atoms with Crippen molar-refractivity contribution in [1.82, 2.24) is 4.90 Å². The van der Waals surface area contributed by atoms with Gasteiger partial charge in [-0.3, -0.25) is 24.1 Å². The van der Waals surface area contributed by atoms with Crippen molar-refractivity contribution in [2.24, 2.45) is 34.0 Å². The van der Waals surface area contributed by atoms with Crippen LogP contribution in [0.5, 0.6) is 0 Å². The van der Waals surface area contributed by atoms with Gasteiger partial charge in [0, 0.05) is 49.6 Å². The van der Waals surface area contributed by atoms with Crippen molar-refractivity contribution in [3.8, 4) is 0 Å². The van der Waals surface area contributed by atoms with Gasteiger partial charge in [-0.2, -0.15) is 0 Å². The molecule has 0 amide bonds. The minimum atomic E-state index is -1.76. The molecule has 0 radical (unpaired) electrons. The molecule has 9 rings (SSSR count). The predicted molar refractivity (Wildman–Crippen MR) is 143 cm³/mol. The Bertz CT molecular complexity index is 1330. The molecule has 9 fully saturated rings. The summed E-state index contributed by atoms with van der Waals surface area (Å²) in [6.45, 7) is 14.3. The lowest BCUT2D eigenvalue weighted by Crippen LogP contribution is -2.83. The Balaban J connectivity index is 1.47. The van der Waals surface area contributed by atoms with Crippen LogP contribution >= 0.6 is 0 Å². The lowest BCUT2D eigenvalue weighted by molar-refractivity contribution is -0.347. The number of hydrogen-bond acceptors (Lipinski definition) is 11. The third kappa shape index (κ3) is 2.68. The van der Waals surface area contributed by atoms with Gasteiger partial charge < -0.3 is 29.2 Å². The highest BCUT2D eigenvalue weighted by Gasteiger charge is 3.01. The summed E-state index contributed by atoms with van der Waals surface area (Å²) in [5.74, 6) is -3.63. The summed E-state index contributed by atoms with van der Waals surface area (Å²) in [7, 11) is 0. The third-order valence-electron chi connectivity index (χ3n) is 12.8. The Morgan fingerprint density at radius 3 is 2.17 bits per heavy atom. The number of fused-ring (bicyclic) bond motifs is 1. The molecule has 9 bridgehead atoms. The molecule has 11 heteroatoms. The number of carbonyl (C=O) groups is 4. The lowest BCUT2D eigenvalue weighted by atomic mass is 9.36. The molecular weight excluding hydrogens is 546 g/mol. The van der Waals surface area contributed by atoms with Crippen molar-refractivity contribution in [2.45, 2.75) is 115 Å². The number of ether oxygens (including phenoxy) is 4. The van der Waals surface area contributed by atoms with E-state index in [1.165, 1.54) is 20.8 Å². The fourth-order valence-corrected chi connectivity index (χ4v) is 12.0. The molecule has 230 valence electrons. The fourth-order valence-electron chi connectivity index (χ4n) is 12.0. The van der Waals surface area contributed by atoms with Crippen LogP contribution in [-0.2, 0) is 38.1 Å². The number of aliphatic hydroxyl groups is 2. The molecular formula is C31H41NO10. The molecule has 6 saturated carbocycles. The summed E-state index contributed by atoms with van der Waals surface area (Å²) in [6.07, 6.45) is -2.62. The highest BCUT2D eigenvalue weighted by Crippen LogP contribution is 2.89. The number of carbonyl (C=O) groups excluding carboxylic acids is 4. The van der Waals surface area contributed by atoms with Crippen LogP contribution in [0.25, 0.3) is 0 Å². The summed E-state index contributed by atoms with van der Waals surface area (Å²) in [5.41, 5.74) is -5.86. The second kappa shape index (κ2) is 8.15. The Kier molecular flexibility index (Phi) is 5.49. The molecule has 0 aromatic heterocycles. The number of piperidine rings is 2. The van der Waals surface area contributed by atoms with Gasteiger partial charge in [-0.25, -0.2) is 0 Å². The van der Waals surface area contributed by atoms with Gasteiger partial charge >= 0.3 is 23.9 Å². The highest BCUT2D eigenvalue weighted by molar-refractivity contribution is 5.73. The third-order valence-corrected chi connectivity index (χ3v) is 12.8. The average Bonchev–Trinajstić information content (AvgIpc) is 3.31. The lowest BCUT2D eigenvalue weighted by Gasteiger charge is -2.71. The van der Waals surface area contributed by atoms with E-state index in [-0.39, 0.29) is 24.8 Å². The molecule has 0 aromatic carbocycles. The Morgan fingerprint density at radius 2 is 1.57 bits per heavy atom. The topological polar surface area (TPSA) is 149 Å². The maximum Gasteiger partial charge on any atom is 0.309 e. The van der Waals surface area contributed by atoms with Gasteiger partial charge in [0.25, 0.3) is 0 Å².